The smallest absolute Gasteiger partial charge is 0.343 e. The number of nitrogens with zero attached hydrogens (tertiary/aromatic N) is 3. The van der Waals surface area contributed by atoms with E-state index in [9.17, 15) is 13.2 Å². The van der Waals surface area contributed by atoms with Crippen LogP contribution in [0.5, 0.6) is 0 Å². The summed E-state index contributed by atoms with van der Waals surface area (Å²) >= 11 is 12.2. The molecule has 2 heterocycles. The third-order valence-corrected chi connectivity index (χ3v) is 4.43. The summed E-state index contributed by atoms with van der Waals surface area (Å²) < 4.78 is 49.5. The van der Waals surface area contributed by atoms with Gasteiger partial charge < -0.3 is 9.47 Å². The summed E-state index contributed by atoms with van der Waals surface area (Å²) in [7, 11) is 0. The Bertz CT molecular complexity index is 727. The normalized spacial score (nSPS) is 24.0. The topological polar surface area (TPSA) is 49.2 Å². The second-order valence-electron chi connectivity index (χ2n) is 5.73. The maximum absolute atomic E-state index is 12.4. The van der Waals surface area contributed by atoms with Gasteiger partial charge in [-0.3, -0.25) is 0 Å². The van der Waals surface area contributed by atoms with Crippen molar-refractivity contribution in [2.45, 2.75) is 37.5 Å². The Morgan fingerprint density at radius 2 is 2.16 bits per heavy atom. The highest BCUT2D eigenvalue weighted by Gasteiger charge is 2.45. The fraction of sp³-hybridized carbons (Fsp3) is 0.467. The predicted octanol–water partition coefficient (Wildman–Crippen LogP) is 4.20. The van der Waals surface area contributed by atoms with Crippen molar-refractivity contribution in [1.29, 1.82) is 0 Å². The van der Waals surface area contributed by atoms with Crippen LogP contribution in [0.3, 0.4) is 0 Å². The number of hydrogen-bond acceptors (Lipinski definition) is 4. The van der Waals surface area contributed by atoms with Gasteiger partial charge in [-0.15, -0.1) is 5.10 Å². The second-order valence-corrected chi connectivity index (χ2v) is 6.57. The number of alkyl halides is 3. The summed E-state index contributed by atoms with van der Waals surface area (Å²) in [5.41, 5.74) is -0.363. The maximum Gasteiger partial charge on any atom is 0.411 e. The zero-order valence-electron chi connectivity index (χ0n) is 12.8. The van der Waals surface area contributed by atoms with Gasteiger partial charge in [0.25, 0.3) is 0 Å². The highest BCUT2D eigenvalue weighted by atomic mass is 35.5. The van der Waals surface area contributed by atoms with E-state index in [1.54, 1.807) is 24.4 Å². The molecule has 25 heavy (non-hydrogen) atoms. The standard InChI is InChI=1S/C15H14Cl2F3N3O2/c16-10-1-2-11(12(17)7-10)14(8-23-6-5-21-22-23)4-3-13(25-14)24-9-15(18,19)20/h1-2,5-7,13H,3-4,8-9H2. The minimum Gasteiger partial charge on any atom is -0.343 e. The van der Waals surface area contributed by atoms with Gasteiger partial charge in [0.1, 0.15) is 12.2 Å². The average Bonchev–Trinajstić information content (AvgIpc) is 3.15. The van der Waals surface area contributed by atoms with Gasteiger partial charge in [-0.2, -0.15) is 13.2 Å². The Morgan fingerprint density at radius 1 is 1.36 bits per heavy atom. The minimum atomic E-state index is -4.42. The quantitative estimate of drug-likeness (QED) is 0.761. The van der Waals surface area contributed by atoms with Gasteiger partial charge in [-0.05, 0) is 18.6 Å². The lowest BCUT2D eigenvalue weighted by molar-refractivity contribution is -0.239. The van der Waals surface area contributed by atoms with Crippen molar-refractivity contribution in [1.82, 2.24) is 15.0 Å². The third kappa shape index (κ3) is 4.44. The van der Waals surface area contributed by atoms with Crippen molar-refractivity contribution in [3.8, 4) is 0 Å². The van der Waals surface area contributed by atoms with Crippen LogP contribution in [-0.4, -0.2) is 34.1 Å². The summed E-state index contributed by atoms with van der Waals surface area (Å²) in [5, 5.41) is 8.46. The number of aromatic nitrogens is 3. The van der Waals surface area contributed by atoms with E-state index in [0.717, 1.165) is 0 Å². The molecular weight excluding hydrogens is 382 g/mol. The molecule has 1 aromatic carbocycles. The monoisotopic (exact) mass is 395 g/mol. The third-order valence-electron chi connectivity index (χ3n) is 3.89. The Hall–Kier alpha value is -1.35. The summed E-state index contributed by atoms with van der Waals surface area (Å²) in [5.74, 6) is 0. The first-order valence-electron chi connectivity index (χ1n) is 7.43. The van der Waals surface area contributed by atoms with Gasteiger partial charge in [-0.1, -0.05) is 34.5 Å². The summed E-state index contributed by atoms with van der Waals surface area (Å²) in [6.45, 7) is -1.13. The fourth-order valence-electron chi connectivity index (χ4n) is 2.86. The van der Waals surface area contributed by atoms with Crippen LogP contribution in [0.1, 0.15) is 18.4 Å². The van der Waals surface area contributed by atoms with Crippen LogP contribution in [0, 0.1) is 0 Å². The van der Waals surface area contributed by atoms with Crippen LogP contribution < -0.4 is 0 Å². The lowest BCUT2D eigenvalue weighted by Crippen LogP contribution is -2.34. The van der Waals surface area contributed by atoms with Gasteiger partial charge in [0.15, 0.2) is 6.29 Å². The Morgan fingerprint density at radius 3 is 2.80 bits per heavy atom. The molecule has 5 nitrogen and oxygen atoms in total. The van der Waals surface area contributed by atoms with Crippen LogP contribution in [0.15, 0.2) is 30.6 Å². The van der Waals surface area contributed by atoms with E-state index in [-0.39, 0.29) is 6.54 Å². The molecule has 0 radical (unpaired) electrons. The number of benzene rings is 1. The van der Waals surface area contributed by atoms with Gasteiger partial charge >= 0.3 is 6.18 Å². The minimum absolute atomic E-state index is 0.236. The molecule has 0 aliphatic carbocycles. The molecular formula is C15H14Cl2F3N3O2. The van der Waals surface area contributed by atoms with E-state index in [0.29, 0.717) is 28.5 Å². The number of rotatable bonds is 5. The van der Waals surface area contributed by atoms with E-state index in [1.165, 1.54) is 10.9 Å². The molecule has 0 amide bonds. The number of ether oxygens (including phenoxy) is 2. The zero-order valence-corrected chi connectivity index (χ0v) is 14.4. The van der Waals surface area contributed by atoms with Crippen LogP contribution in [0.25, 0.3) is 0 Å². The van der Waals surface area contributed by atoms with Crippen LogP contribution in [0.4, 0.5) is 13.2 Å². The molecule has 2 atom stereocenters. The average molecular weight is 396 g/mol. The molecule has 136 valence electrons. The molecule has 1 aliphatic rings. The molecule has 0 bridgehead atoms. The van der Waals surface area contributed by atoms with Crippen molar-refractivity contribution >= 4 is 23.2 Å². The molecule has 1 aliphatic heterocycles. The first-order valence-corrected chi connectivity index (χ1v) is 8.19. The van der Waals surface area contributed by atoms with Crippen LogP contribution >= 0.6 is 23.2 Å². The molecule has 2 unspecified atom stereocenters. The van der Waals surface area contributed by atoms with E-state index in [1.807, 2.05) is 0 Å². The molecule has 0 N–H and O–H groups in total. The van der Waals surface area contributed by atoms with Gasteiger partial charge in [0.2, 0.25) is 0 Å². The maximum atomic E-state index is 12.4. The lowest BCUT2D eigenvalue weighted by Gasteiger charge is -2.30. The van der Waals surface area contributed by atoms with Crippen molar-refractivity contribution in [3.05, 3.63) is 46.2 Å². The van der Waals surface area contributed by atoms with E-state index < -0.39 is 24.7 Å². The first-order chi connectivity index (χ1) is 11.8. The summed E-state index contributed by atoms with van der Waals surface area (Å²) in [6, 6.07) is 4.92. The molecule has 2 aromatic rings. The van der Waals surface area contributed by atoms with Gasteiger partial charge in [0.05, 0.1) is 12.7 Å². The highest BCUT2D eigenvalue weighted by Crippen LogP contribution is 2.44. The van der Waals surface area contributed by atoms with E-state index >= 15 is 0 Å². The van der Waals surface area contributed by atoms with Crippen molar-refractivity contribution < 1.29 is 22.6 Å². The molecule has 10 heteroatoms. The largest absolute Gasteiger partial charge is 0.411 e. The summed E-state index contributed by atoms with van der Waals surface area (Å²) in [6.07, 6.45) is -1.56. The van der Waals surface area contributed by atoms with Crippen molar-refractivity contribution in [2.24, 2.45) is 0 Å². The molecule has 1 saturated heterocycles. The number of halogens is 5. The molecule has 0 saturated carbocycles. The van der Waals surface area contributed by atoms with E-state index in [4.69, 9.17) is 32.7 Å². The molecule has 0 spiro atoms. The second kappa shape index (κ2) is 7.11. The van der Waals surface area contributed by atoms with Gasteiger partial charge in [0, 0.05) is 28.2 Å². The van der Waals surface area contributed by atoms with Crippen molar-refractivity contribution in [2.75, 3.05) is 6.61 Å². The first kappa shape index (κ1) is 18.4. The van der Waals surface area contributed by atoms with Gasteiger partial charge in [-0.25, -0.2) is 4.68 Å². The predicted molar refractivity (Wildman–Crippen MR) is 84.3 cm³/mol. The lowest BCUT2D eigenvalue weighted by atomic mass is 9.90. The zero-order chi connectivity index (χ0) is 18.1. The SMILES string of the molecule is FC(F)(F)COC1CCC(Cn2ccnn2)(c2ccc(Cl)cc2Cl)O1. The Kier molecular flexibility index (Phi) is 5.24. The van der Waals surface area contributed by atoms with E-state index in [2.05, 4.69) is 10.3 Å². The molecule has 3 rings (SSSR count). The Labute approximate surface area is 151 Å². The van der Waals surface area contributed by atoms with Crippen LogP contribution in [-0.2, 0) is 21.6 Å². The molecule has 1 fully saturated rings. The molecule has 1 aromatic heterocycles. The summed E-state index contributed by atoms with van der Waals surface area (Å²) in [4.78, 5) is 0. The van der Waals surface area contributed by atoms with Crippen LogP contribution in [0.2, 0.25) is 10.0 Å². The number of hydrogen-bond donors (Lipinski definition) is 0. The highest BCUT2D eigenvalue weighted by molar-refractivity contribution is 6.35. The Balaban J connectivity index is 1.86. The van der Waals surface area contributed by atoms with Crippen molar-refractivity contribution in [3.63, 3.8) is 0 Å². The fourth-order valence-corrected chi connectivity index (χ4v) is 3.44.